The van der Waals surface area contributed by atoms with Crippen molar-refractivity contribution in [2.45, 2.75) is 26.3 Å². The zero-order chi connectivity index (χ0) is 13.2. The molecule has 104 valence electrons. The van der Waals surface area contributed by atoms with Crippen LogP contribution in [0.3, 0.4) is 0 Å². The lowest BCUT2D eigenvalue weighted by molar-refractivity contribution is 0.148. The quantitative estimate of drug-likeness (QED) is 0.660. The molecule has 0 aromatic carbocycles. The molecule has 1 aromatic rings. The van der Waals surface area contributed by atoms with Gasteiger partial charge >= 0.3 is 0 Å². The minimum absolute atomic E-state index is 0.595. The molecule has 4 heteroatoms. The first-order valence-electron chi connectivity index (χ1n) is 6.75. The van der Waals surface area contributed by atoms with Crippen LogP contribution in [-0.2, 0) is 11.2 Å². The molecule has 1 N–H and O–H groups in total. The Labute approximate surface area is 115 Å². The molecule has 0 saturated heterocycles. The maximum absolute atomic E-state index is 5.28. The molecule has 1 atom stereocenters. The van der Waals surface area contributed by atoms with E-state index in [9.17, 15) is 0 Å². The Morgan fingerprint density at radius 3 is 2.94 bits per heavy atom. The first-order valence-corrected chi connectivity index (χ1v) is 7.63. The Morgan fingerprint density at radius 1 is 1.44 bits per heavy atom. The van der Waals surface area contributed by atoms with Crippen molar-refractivity contribution in [3.8, 4) is 0 Å². The summed E-state index contributed by atoms with van der Waals surface area (Å²) in [4.78, 5) is 3.88. The van der Waals surface area contributed by atoms with Gasteiger partial charge in [0.2, 0.25) is 0 Å². The Balaban J connectivity index is 2.06. The van der Waals surface area contributed by atoms with Crippen LogP contribution in [0.2, 0.25) is 0 Å². The van der Waals surface area contributed by atoms with Crippen LogP contribution in [0.15, 0.2) is 17.5 Å². The van der Waals surface area contributed by atoms with Gasteiger partial charge in [0.15, 0.2) is 0 Å². The van der Waals surface area contributed by atoms with Gasteiger partial charge in [-0.1, -0.05) is 6.07 Å². The number of hydrogen-bond donors (Lipinski definition) is 1. The van der Waals surface area contributed by atoms with E-state index >= 15 is 0 Å². The first kappa shape index (κ1) is 15.6. The summed E-state index contributed by atoms with van der Waals surface area (Å²) in [5.41, 5.74) is 0. The molecular formula is C14H26N2OS. The zero-order valence-corrected chi connectivity index (χ0v) is 12.6. The summed E-state index contributed by atoms with van der Waals surface area (Å²) in [6.07, 6.45) is 1.15. The molecule has 0 aliphatic carbocycles. The lowest BCUT2D eigenvalue weighted by atomic mass is 10.2. The fourth-order valence-electron chi connectivity index (χ4n) is 1.77. The van der Waals surface area contributed by atoms with Crippen molar-refractivity contribution in [2.75, 3.05) is 39.9 Å². The molecule has 3 nitrogen and oxygen atoms in total. The highest BCUT2D eigenvalue weighted by Crippen LogP contribution is 2.13. The highest BCUT2D eigenvalue weighted by atomic mass is 32.1. The molecule has 18 heavy (non-hydrogen) atoms. The van der Waals surface area contributed by atoms with Crippen LogP contribution < -0.4 is 5.32 Å². The highest BCUT2D eigenvalue weighted by molar-refractivity contribution is 7.09. The Bertz CT molecular complexity index is 290. The predicted octanol–water partition coefficient (Wildman–Crippen LogP) is 2.24. The fraction of sp³-hybridized carbons (Fsp3) is 0.714. The van der Waals surface area contributed by atoms with Crippen LogP contribution in [0.4, 0.5) is 0 Å². The van der Waals surface area contributed by atoms with E-state index in [2.05, 4.69) is 41.7 Å². The predicted molar refractivity (Wildman–Crippen MR) is 79.5 cm³/mol. The maximum Gasteiger partial charge on any atom is 0.0590 e. The molecular weight excluding hydrogens is 244 g/mol. The molecule has 1 heterocycles. The molecule has 1 aromatic heterocycles. The van der Waals surface area contributed by atoms with Crippen LogP contribution >= 0.6 is 11.3 Å². The minimum Gasteiger partial charge on any atom is -0.380 e. The second kappa shape index (κ2) is 9.50. The average molecular weight is 270 g/mol. The maximum atomic E-state index is 5.28. The minimum atomic E-state index is 0.595. The molecule has 1 unspecified atom stereocenters. The number of rotatable bonds is 10. The third kappa shape index (κ3) is 6.50. The number of thiophene rings is 1. The molecule has 0 radical (unpaired) electrons. The number of hydrogen-bond acceptors (Lipinski definition) is 4. The van der Waals surface area contributed by atoms with Gasteiger partial charge in [0.25, 0.3) is 0 Å². The number of ether oxygens (including phenoxy) is 1. The Hall–Kier alpha value is -0.420. The van der Waals surface area contributed by atoms with Crippen LogP contribution in [0.25, 0.3) is 0 Å². The van der Waals surface area contributed by atoms with Crippen LogP contribution in [-0.4, -0.2) is 50.8 Å². The van der Waals surface area contributed by atoms with Crippen LogP contribution in [0.5, 0.6) is 0 Å². The Morgan fingerprint density at radius 2 is 2.28 bits per heavy atom. The van der Waals surface area contributed by atoms with Crippen molar-refractivity contribution in [3.05, 3.63) is 22.4 Å². The van der Waals surface area contributed by atoms with E-state index in [0.29, 0.717) is 6.04 Å². The second-order valence-corrected chi connectivity index (χ2v) is 5.59. The van der Waals surface area contributed by atoms with Gasteiger partial charge in [-0.2, -0.15) is 0 Å². The van der Waals surface area contributed by atoms with E-state index in [4.69, 9.17) is 4.74 Å². The first-order chi connectivity index (χ1) is 8.74. The SMILES string of the molecule is CCOCCNCCN(C)C(C)Cc1cccs1. The fourth-order valence-corrected chi connectivity index (χ4v) is 2.59. The summed E-state index contributed by atoms with van der Waals surface area (Å²) in [6, 6.07) is 4.94. The van der Waals surface area contributed by atoms with E-state index < -0.39 is 0 Å². The second-order valence-electron chi connectivity index (χ2n) is 4.56. The molecule has 0 aliphatic heterocycles. The summed E-state index contributed by atoms with van der Waals surface area (Å²) >= 11 is 1.85. The molecule has 0 spiro atoms. The van der Waals surface area contributed by atoms with Gasteiger partial charge in [0, 0.05) is 37.2 Å². The molecule has 0 amide bonds. The van der Waals surface area contributed by atoms with E-state index in [-0.39, 0.29) is 0 Å². The summed E-state index contributed by atoms with van der Waals surface area (Å²) in [7, 11) is 2.20. The van der Waals surface area contributed by atoms with Crippen molar-refractivity contribution in [1.29, 1.82) is 0 Å². The van der Waals surface area contributed by atoms with Gasteiger partial charge in [-0.3, -0.25) is 0 Å². The average Bonchev–Trinajstić information content (AvgIpc) is 2.86. The smallest absolute Gasteiger partial charge is 0.0590 e. The lowest BCUT2D eigenvalue weighted by Crippen LogP contribution is -2.37. The molecule has 1 rings (SSSR count). The van der Waals surface area contributed by atoms with Gasteiger partial charge in [-0.15, -0.1) is 11.3 Å². The molecule has 0 bridgehead atoms. The normalized spacial score (nSPS) is 13.1. The number of likely N-dealkylation sites (N-methyl/N-ethyl adjacent to an activating group) is 1. The van der Waals surface area contributed by atoms with Gasteiger partial charge in [0.1, 0.15) is 0 Å². The third-order valence-electron chi connectivity index (χ3n) is 3.10. The van der Waals surface area contributed by atoms with E-state index in [1.807, 2.05) is 18.3 Å². The summed E-state index contributed by atoms with van der Waals surface area (Å²) in [5, 5.41) is 5.55. The zero-order valence-electron chi connectivity index (χ0n) is 11.8. The highest BCUT2D eigenvalue weighted by Gasteiger charge is 2.09. The Kier molecular flexibility index (Phi) is 8.25. The number of nitrogens with zero attached hydrogens (tertiary/aromatic N) is 1. The van der Waals surface area contributed by atoms with E-state index in [1.165, 1.54) is 4.88 Å². The van der Waals surface area contributed by atoms with Crippen molar-refractivity contribution in [1.82, 2.24) is 10.2 Å². The van der Waals surface area contributed by atoms with Gasteiger partial charge < -0.3 is 15.0 Å². The van der Waals surface area contributed by atoms with Gasteiger partial charge in [-0.25, -0.2) is 0 Å². The van der Waals surface area contributed by atoms with Crippen molar-refractivity contribution in [3.63, 3.8) is 0 Å². The van der Waals surface area contributed by atoms with Crippen molar-refractivity contribution >= 4 is 11.3 Å². The molecule has 0 fully saturated rings. The van der Waals surface area contributed by atoms with Gasteiger partial charge in [0.05, 0.1) is 6.61 Å². The summed E-state index contributed by atoms with van der Waals surface area (Å²) in [6.45, 7) is 8.99. The van der Waals surface area contributed by atoms with Crippen LogP contribution in [0, 0.1) is 0 Å². The van der Waals surface area contributed by atoms with E-state index in [0.717, 1.165) is 39.3 Å². The molecule has 0 aliphatic rings. The standard InChI is InChI=1S/C14H26N2OS/c1-4-17-10-8-15-7-9-16(3)13(2)12-14-6-5-11-18-14/h5-6,11,13,15H,4,7-10,12H2,1-3H3. The molecule has 0 saturated carbocycles. The third-order valence-corrected chi connectivity index (χ3v) is 4.00. The topological polar surface area (TPSA) is 24.5 Å². The number of nitrogens with one attached hydrogen (secondary N) is 1. The van der Waals surface area contributed by atoms with Gasteiger partial charge in [-0.05, 0) is 38.8 Å². The van der Waals surface area contributed by atoms with Crippen molar-refractivity contribution in [2.24, 2.45) is 0 Å². The summed E-state index contributed by atoms with van der Waals surface area (Å²) in [5.74, 6) is 0. The lowest BCUT2D eigenvalue weighted by Gasteiger charge is -2.24. The van der Waals surface area contributed by atoms with Crippen LogP contribution in [0.1, 0.15) is 18.7 Å². The monoisotopic (exact) mass is 270 g/mol. The van der Waals surface area contributed by atoms with Crippen molar-refractivity contribution < 1.29 is 4.74 Å². The summed E-state index contributed by atoms with van der Waals surface area (Å²) < 4.78 is 5.28. The largest absolute Gasteiger partial charge is 0.380 e. The van der Waals surface area contributed by atoms with E-state index in [1.54, 1.807) is 0 Å².